The number of hydrogen-bond donors (Lipinski definition) is 1. The number of aromatic carboxylic acids is 1. The molecule has 1 aromatic carbocycles. The molecule has 0 bridgehead atoms. The van der Waals surface area contributed by atoms with Crippen molar-refractivity contribution in [2.75, 3.05) is 0 Å². The van der Waals surface area contributed by atoms with Crippen molar-refractivity contribution in [1.82, 2.24) is 0 Å². The molecule has 0 spiro atoms. The van der Waals surface area contributed by atoms with Gasteiger partial charge in [-0.05, 0) is 43.2 Å². The van der Waals surface area contributed by atoms with Crippen molar-refractivity contribution in [2.45, 2.75) is 20.5 Å². The molecule has 1 aromatic heterocycles. The van der Waals surface area contributed by atoms with Crippen molar-refractivity contribution in [3.05, 3.63) is 51.2 Å². The fraction of sp³-hybridized carbons (Fsp3) is 0.214. The minimum Gasteiger partial charge on any atom is -0.488 e. The monoisotopic (exact) mass is 262 g/mol. The van der Waals surface area contributed by atoms with Gasteiger partial charge in [-0.3, -0.25) is 0 Å². The van der Waals surface area contributed by atoms with E-state index in [1.165, 1.54) is 11.3 Å². The van der Waals surface area contributed by atoms with Gasteiger partial charge in [-0.25, -0.2) is 4.79 Å². The Hall–Kier alpha value is -1.81. The van der Waals surface area contributed by atoms with Gasteiger partial charge in [0.25, 0.3) is 0 Å². The predicted octanol–water partition coefficient (Wildman–Crippen LogP) is 3.64. The van der Waals surface area contributed by atoms with Gasteiger partial charge in [-0.1, -0.05) is 12.1 Å². The lowest BCUT2D eigenvalue weighted by molar-refractivity contribution is 0.0702. The highest BCUT2D eigenvalue weighted by Crippen LogP contribution is 2.23. The molecule has 0 fully saturated rings. The summed E-state index contributed by atoms with van der Waals surface area (Å²) in [6.07, 6.45) is 0. The minimum atomic E-state index is -0.891. The Labute approximate surface area is 110 Å². The van der Waals surface area contributed by atoms with E-state index >= 15 is 0 Å². The van der Waals surface area contributed by atoms with Crippen LogP contribution in [0.2, 0.25) is 0 Å². The maximum Gasteiger partial charge on any atom is 0.345 e. The van der Waals surface area contributed by atoms with E-state index in [1.54, 1.807) is 12.1 Å². The molecule has 0 saturated heterocycles. The molecule has 3 nitrogen and oxygen atoms in total. The van der Waals surface area contributed by atoms with E-state index in [-0.39, 0.29) is 0 Å². The van der Waals surface area contributed by atoms with Crippen LogP contribution in [0.5, 0.6) is 5.75 Å². The number of carbonyl (C=O) groups is 1. The second-order valence-electron chi connectivity index (χ2n) is 4.13. The van der Waals surface area contributed by atoms with Gasteiger partial charge in [-0.2, -0.15) is 0 Å². The summed E-state index contributed by atoms with van der Waals surface area (Å²) in [5.41, 5.74) is 2.23. The highest BCUT2D eigenvalue weighted by atomic mass is 32.1. The summed E-state index contributed by atoms with van der Waals surface area (Å²) in [6.45, 7) is 4.41. The van der Waals surface area contributed by atoms with E-state index in [1.807, 2.05) is 32.0 Å². The Balaban J connectivity index is 2.06. The van der Waals surface area contributed by atoms with Crippen LogP contribution in [0.3, 0.4) is 0 Å². The van der Waals surface area contributed by atoms with E-state index in [0.29, 0.717) is 11.5 Å². The van der Waals surface area contributed by atoms with E-state index in [9.17, 15) is 4.79 Å². The number of thiophene rings is 1. The van der Waals surface area contributed by atoms with Gasteiger partial charge in [0.15, 0.2) is 0 Å². The molecule has 0 aliphatic carbocycles. The molecule has 4 heteroatoms. The molecule has 0 atom stereocenters. The second-order valence-corrected chi connectivity index (χ2v) is 5.30. The minimum absolute atomic E-state index is 0.342. The third kappa shape index (κ3) is 2.90. The summed E-state index contributed by atoms with van der Waals surface area (Å²) < 4.78 is 5.71. The topological polar surface area (TPSA) is 46.5 Å². The van der Waals surface area contributed by atoms with Gasteiger partial charge in [-0.15, -0.1) is 11.3 Å². The molecule has 1 heterocycles. The molecule has 0 saturated carbocycles. The van der Waals surface area contributed by atoms with Gasteiger partial charge in [0.1, 0.15) is 17.2 Å². The summed E-state index contributed by atoms with van der Waals surface area (Å²) in [7, 11) is 0. The van der Waals surface area contributed by atoms with Crippen LogP contribution in [-0.2, 0) is 6.61 Å². The van der Waals surface area contributed by atoms with E-state index in [2.05, 4.69) is 0 Å². The first kappa shape index (κ1) is 12.6. The summed E-state index contributed by atoms with van der Waals surface area (Å²) in [5.74, 6) is -0.0433. The number of hydrogen-bond acceptors (Lipinski definition) is 3. The van der Waals surface area contributed by atoms with Crippen LogP contribution in [0.25, 0.3) is 0 Å². The molecule has 1 N–H and O–H groups in total. The van der Waals surface area contributed by atoms with Crippen LogP contribution in [-0.4, -0.2) is 11.1 Å². The standard InChI is InChI=1S/C14H14O3S/c1-9-3-4-10(2)12(7-9)17-8-11-5-6-13(18-11)14(15)16/h3-7H,8H2,1-2H3,(H,15,16). The Morgan fingerprint density at radius 1 is 1.28 bits per heavy atom. The summed E-state index contributed by atoms with van der Waals surface area (Å²) in [4.78, 5) is 12.0. The number of rotatable bonds is 4. The zero-order valence-corrected chi connectivity index (χ0v) is 11.1. The average Bonchev–Trinajstić information content (AvgIpc) is 2.79. The van der Waals surface area contributed by atoms with Gasteiger partial charge in [0, 0.05) is 4.88 Å². The molecule has 18 heavy (non-hydrogen) atoms. The van der Waals surface area contributed by atoms with Gasteiger partial charge >= 0.3 is 5.97 Å². The molecule has 2 aromatic rings. The zero-order valence-electron chi connectivity index (χ0n) is 10.3. The molecule has 0 aliphatic rings. The van der Waals surface area contributed by atoms with Gasteiger partial charge < -0.3 is 9.84 Å². The Kier molecular flexibility index (Phi) is 3.67. The fourth-order valence-corrected chi connectivity index (χ4v) is 2.34. The van der Waals surface area contributed by atoms with Crippen molar-refractivity contribution in [2.24, 2.45) is 0 Å². The third-order valence-electron chi connectivity index (χ3n) is 2.59. The third-order valence-corrected chi connectivity index (χ3v) is 3.63. The quantitative estimate of drug-likeness (QED) is 0.915. The largest absolute Gasteiger partial charge is 0.488 e. The van der Waals surface area contributed by atoms with Crippen molar-refractivity contribution in [1.29, 1.82) is 0 Å². The van der Waals surface area contributed by atoms with Crippen LogP contribution < -0.4 is 4.74 Å². The highest BCUT2D eigenvalue weighted by Gasteiger charge is 2.07. The highest BCUT2D eigenvalue weighted by molar-refractivity contribution is 7.13. The van der Waals surface area contributed by atoms with E-state index in [4.69, 9.17) is 9.84 Å². The van der Waals surface area contributed by atoms with Crippen LogP contribution in [0.15, 0.2) is 30.3 Å². The lowest BCUT2D eigenvalue weighted by atomic mass is 10.1. The van der Waals surface area contributed by atoms with E-state index < -0.39 is 5.97 Å². The first-order valence-electron chi connectivity index (χ1n) is 5.58. The molecule has 0 radical (unpaired) electrons. The Morgan fingerprint density at radius 3 is 2.72 bits per heavy atom. The summed E-state index contributed by atoms with van der Waals surface area (Å²) in [5, 5.41) is 8.83. The molecular weight excluding hydrogens is 248 g/mol. The maximum absolute atomic E-state index is 10.8. The maximum atomic E-state index is 10.8. The second kappa shape index (κ2) is 5.23. The Bertz CT molecular complexity index is 572. The normalized spacial score (nSPS) is 10.3. The number of benzene rings is 1. The molecule has 2 rings (SSSR count). The first-order valence-corrected chi connectivity index (χ1v) is 6.40. The van der Waals surface area contributed by atoms with Gasteiger partial charge in [0.05, 0.1) is 0 Å². The first-order chi connectivity index (χ1) is 8.56. The zero-order chi connectivity index (χ0) is 13.1. The number of aryl methyl sites for hydroxylation is 2. The SMILES string of the molecule is Cc1ccc(C)c(OCc2ccc(C(=O)O)s2)c1. The van der Waals surface area contributed by atoms with E-state index in [0.717, 1.165) is 21.8 Å². The van der Waals surface area contributed by atoms with Crippen molar-refractivity contribution >= 4 is 17.3 Å². The average molecular weight is 262 g/mol. The predicted molar refractivity (Wildman–Crippen MR) is 71.5 cm³/mol. The lowest BCUT2D eigenvalue weighted by Crippen LogP contribution is -1.95. The fourth-order valence-electron chi connectivity index (χ4n) is 1.58. The van der Waals surface area contributed by atoms with Crippen molar-refractivity contribution < 1.29 is 14.6 Å². The summed E-state index contributed by atoms with van der Waals surface area (Å²) in [6, 6.07) is 9.44. The molecule has 0 amide bonds. The number of ether oxygens (including phenoxy) is 1. The smallest absolute Gasteiger partial charge is 0.345 e. The summed E-state index contributed by atoms with van der Waals surface area (Å²) >= 11 is 1.25. The van der Waals surface area contributed by atoms with Crippen molar-refractivity contribution in [3.8, 4) is 5.75 Å². The van der Waals surface area contributed by atoms with Crippen LogP contribution >= 0.6 is 11.3 Å². The number of carboxylic acids is 1. The van der Waals surface area contributed by atoms with Crippen molar-refractivity contribution in [3.63, 3.8) is 0 Å². The van der Waals surface area contributed by atoms with Crippen LogP contribution in [0, 0.1) is 13.8 Å². The Morgan fingerprint density at radius 2 is 2.06 bits per heavy atom. The van der Waals surface area contributed by atoms with Crippen LogP contribution in [0.4, 0.5) is 0 Å². The molecular formula is C14H14O3S. The van der Waals surface area contributed by atoms with Crippen LogP contribution in [0.1, 0.15) is 25.7 Å². The molecule has 0 aliphatic heterocycles. The molecule has 0 unspecified atom stereocenters. The van der Waals surface area contributed by atoms with Gasteiger partial charge in [0.2, 0.25) is 0 Å². The lowest BCUT2D eigenvalue weighted by Gasteiger charge is -2.08. The molecule has 94 valence electrons. The number of carboxylic acid groups (broad SMARTS) is 1.